The van der Waals surface area contributed by atoms with Gasteiger partial charge in [-0.05, 0) is 43.5 Å². The first-order valence-electron chi connectivity index (χ1n) is 7.07. The number of hydrogen-bond acceptors (Lipinski definition) is 3. The minimum absolute atomic E-state index is 0.224. The molecule has 0 atom stereocenters. The maximum absolute atomic E-state index is 12.3. The van der Waals surface area contributed by atoms with Gasteiger partial charge >= 0.3 is 6.18 Å². The Bertz CT molecular complexity index is 468. The molecular weight excluding hydrogens is 281 g/mol. The van der Waals surface area contributed by atoms with Crippen LogP contribution in [-0.2, 0) is 0 Å². The van der Waals surface area contributed by atoms with Crippen LogP contribution in [0.3, 0.4) is 0 Å². The first-order valence-corrected chi connectivity index (χ1v) is 7.07. The second-order valence-corrected chi connectivity index (χ2v) is 5.49. The number of rotatable bonds is 4. The lowest BCUT2D eigenvalue weighted by Crippen LogP contribution is -2.43. The number of nitrogens with zero attached hydrogens (tertiary/aromatic N) is 1. The number of aryl methyl sites for hydroxylation is 1. The van der Waals surface area contributed by atoms with Crippen LogP contribution in [0, 0.1) is 6.92 Å². The van der Waals surface area contributed by atoms with E-state index >= 15 is 0 Å². The summed E-state index contributed by atoms with van der Waals surface area (Å²) in [4.78, 5) is 1.47. The van der Waals surface area contributed by atoms with E-state index in [2.05, 4.69) is 5.32 Å². The average Bonchev–Trinajstić information content (AvgIpc) is 2.41. The van der Waals surface area contributed by atoms with Gasteiger partial charge < -0.3 is 10.1 Å². The molecule has 1 N–H and O–H groups in total. The smallest absolute Gasteiger partial charge is 0.401 e. The van der Waals surface area contributed by atoms with E-state index in [9.17, 15) is 13.2 Å². The zero-order valence-corrected chi connectivity index (χ0v) is 12.3. The molecule has 0 unspecified atom stereocenters. The van der Waals surface area contributed by atoms with Gasteiger partial charge in [-0.15, -0.1) is 0 Å². The Balaban J connectivity index is 1.86. The van der Waals surface area contributed by atoms with E-state index in [0.29, 0.717) is 13.1 Å². The van der Waals surface area contributed by atoms with E-state index in [-0.39, 0.29) is 6.04 Å². The van der Waals surface area contributed by atoms with Gasteiger partial charge in [-0.25, -0.2) is 0 Å². The van der Waals surface area contributed by atoms with Gasteiger partial charge in [0, 0.05) is 24.8 Å². The summed E-state index contributed by atoms with van der Waals surface area (Å²) in [5.74, 6) is 0.804. The molecule has 0 bridgehead atoms. The van der Waals surface area contributed by atoms with Crippen LogP contribution in [0.1, 0.15) is 18.4 Å². The average molecular weight is 302 g/mol. The van der Waals surface area contributed by atoms with E-state index in [1.54, 1.807) is 7.11 Å². The van der Waals surface area contributed by atoms with E-state index in [1.165, 1.54) is 4.90 Å². The highest BCUT2D eigenvalue weighted by molar-refractivity contribution is 5.54. The fraction of sp³-hybridized carbons (Fsp3) is 0.600. The molecule has 1 aromatic rings. The number of benzene rings is 1. The number of methoxy groups -OCH3 is 1. The van der Waals surface area contributed by atoms with Crippen LogP contribution in [0.2, 0.25) is 0 Å². The highest BCUT2D eigenvalue weighted by Gasteiger charge is 2.32. The SMILES string of the molecule is COc1ccc(NC2CCN(CC(F)(F)F)CC2)c(C)c1. The maximum Gasteiger partial charge on any atom is 0.401 e. The Morgan fingerprint density at radius 2 is 1.95 bits per heavy atom. The van der Waals surface area contributed by atoms with Crippen LogP contribution in [0.5, 0.6) is 5.75 Å². The van der Waals surface area contributed by atoms with Crippen LogP contribution in [0.4, 0.5) is 18.9 Å². The summed E-state index contributed by atoms with van der Waals surface area (Å²) in [7, 11) is 1.62. The quantitative estimate of drug-likeness (QED) is 0.922. The number of likely N-dealkylation sites (tertiary alicyclic amines) is 1. The predicted octanol–water partition coefficient (Wildman–Crippen LogP) is 3.44. The third-order valence-electron chi connectivity index (χ3n) is 3.78. The molecule has 0 aromatic heterocycles. The van der Waals surface area contributed by atoms with Crippen molar-refractivity contribution in [2.45, 2.75) is 32.0 Å². The van der Waals surface area contributed by atoms with Crippen molar-refractivity contribution in [3.63, 3.8) is 0 Å². The lowest BCUT2D eigenvalue weighted by atomic mass is 10.0. The van der Waals surface area contributed by atoms with Crippen molar-refractivity contribution in [2.75, 3.05) is 32.1 Å². The summed E-state index contributed by atoms with van der Waals surface area (Å²) in [5, 5.41) is 3.42. The van der Waals surface area contributed by atoms with Crippen molar-refractivity contribution in [2.24, 2.45) is 0 Å². The lowest BCUT2D eigenvalue weighted by molar-refractivity contribution is -0.147. The first-order chi connectivity index (χ1) is 9.87. The molecule has 0 aliphatic carbocycles. The number of nitrogens with one attached hydrogen (secondary N) is 1. The van der Waals surface area contributed by atoms with Gasteiger partial charge in [0.05, 0.1) is 13.7 Å². The molecule has 21 heavy (non-hydrogen) atoms. The highest BCUT2D eigenvalue weighted by Crippen LogP contribution is 2.25. The van der Waals surface area contributed by atoms with Gasteiger partial charge in [0.25, 0.3) is 0 Å². The summed E-state index contributed by atoms with van der Waals surface area (Å²) in [6.07, 6.45) is -2.66. The fourth-order valence-corrected chi connectivity index (χ4v) is 2.63. The fourth-order valence-electron chi connectivity index (χ4n) is 2.63. The van der Waals surface area contributed by atoms with Crippen LogP contribution in [0.25, 0.3) is 0 Å². The number of alkyl halides is 3. The van der Waals surface area contributed by atoms with Crippen LogP contribution in [-0.4, -0.2) is 43.9 Å². The van der Waals surface area contributed by atoms with Crippen molar-refractivity contribution in [3.8, 4) is 5.75 Å². The summed E-state index contributed by atoms with van der Waals surface area (Å²) < 4.78 is 42.2. The molecule has 1 aromatic carbocycles. The van der Waals surface area contributed by atoms with E-state index in [4.69, 9.17) is 4.74 Å². The van der Waals surface area contributed by atoms with Crippen LogP contribution in [0.15, 0.2) is 18.2 Å². The topological polar surface area (TPSA) is 24.5 Å². The molecule has 1 fully saturated rings. The summed E-state index contributed by atoms with van der Waals surface area (Å²) in [6, 6.07) is 6.01. The molecule has 2 rings (SSSR count). The Kier molecular flexibility index (Phi) is 4.98. The maximum atomic E-state index is 12.3. The lowest BCUT2D eigenvalue weighted by Gasteiger charge is -2.33. The van der Waals surface area contributed by atoms with E-state index in [0.717, 1.165) is 29.8 Å². The molecule has 0 saturated carbocycles. The van der Waals surface area contributed by atoms with Gasteiger partial charge in [-0.2, -0.15) is 13.2 Å². The van der Waals surface area contributed by atoms with Crippen molar-refractivity contribution in [1.29, 1.82) is 0 Å². The van der Waals surface area contributed by atoms with Crippen molar-refractivity contribution in [1.82, 2.24) is 4.90 Å². The third kappa shape index (κ3) is 4.81. The molecule has 1 aliphatic heterocycles. The Hall–Kier alpha value is -1.43. The van der Waals surface area contributed by atoms with E-state index in [1.807, 2.05) is 25.1 Å². The second-order valence-electron chi connectivity index (χ2n) is 5.49. The van der Waals surface area contributed by atoms with Gasteiger partial charge in [0.15, 0.2) is 0 Å². The van der Waals surface area contributed by atoms with Gasteiger partial charge in [0.2, 0.25) is 0 Å². The number of hydrogen-bond donors (Lipinski definition) is 1. The normalized spacial score (nSPS) is 17.8. The Labute approximate surface area is 123 Å². The van der Waals surface area contributed by atoms with Gasteiger partial charge in [-0.1, -0.05) is 0 Å². The van der Waals surface area contributed by atoms with Crippen molar-refractivity contribution in [3.05, 3.63) is 23.8 Å². The zero-order chi connectivity index (χ0) is 15.5. The molecule has 0 radical (unpaired) electrons. The summed E-state index contributed by atoms with van der Waals surface area (Å²) in [6.45, 7) is 2.14. The highest BCUT2D eigenvalue weighted by atomic mass is 19.4. The van der Waals surface area contributed by atoms with Gasteiger partial charge in [0.1, 0.15) is 5.75 Å². The van der Waals surface area contributed by atoms with Crippen LogP contribution >= 0.6 is 0 Å². The number of piperidine rings is 1. The molecule has 0 amide bonds. The number of anilines is 1. The molecular formula is C15H21F3N2O. The summed E-state index contributed by atoms with van der Waals surface area (Å²) >= 11 is 0. The predicted molar refractivity (Wildman–Crippen MR) is 76.9 cm³/mol. The molecule has 3 nitrogen and oxygen atoms in total. The zero-order valence-electron chi connectivity index (χ0n) is 12.3. The molecule has 6 heteroatoms. The van der Waals surface area contributed by atoms with E-state index < -0.39 is 12.7 Å². The minimum atomic E-state index is -4.10. The third-order valence-corrected chi connectivity index (χ3v) is 3.78. The Morgan fingerprint density at radius 3 is 2.48 bits per heavy atom. The first kappa shape index (κ1) is 15.9. The molecule has 1 aliphatic rings. The Morgan fingerprint density at radius 1 is 1.29 bits per heavy atom. The monoisotopic (exact) mass is 302 g/mol. The molecule has 118 valence electrons. The van der Waals surface area contributed by atoms with Crippen LogP contribution < -0.4 is 10.1 Å². The molecule has 1 saturated heterocycles. The number of ether oxygens (including phenoxy) is 1. The molecule has 0 spiro atoms. The molecule has 1 heterocycles. The van der Waals surface area contributed by atoms with Crippen molar-refractivity contribution < 1.29 is 17.9 Å². The standard InChI is InChI=1S/C15H21F3N2O/c1-11-9-13(21-2)3-4-14(11)19-12-5-7-20(8-6-12)10-15(16,17)18/h3-4,9,12,19H,5-8,10H2,1-2H3. The van der Waals surface area contributed by atoms with Gasteiger partial charge in [-0.3, -0.25) is 4.90 Å². The number of halogens is 3. The largest absolute Gasteiger partial charge is 0.497 e. The van der Waals surface area contributed by atoms with Crippen molar-refractivity contribution >= 4 is 5.69 Å². The second kappa shape index (κ2) is 6.56. The minimum Gasteiger partial charge on any atom is -0.497 e. The summed E-state index contributed by atoms with van der Waals surface area (Å²) in [5.41, 5.74) is 2.09.